The summed E-state index contributed by atoms with van der Waals surface area (Å²) in [5, 5.41) is 0. The van der Waals surface area contributed by atoms with Crippen molar-refractivity contribution in [2.45, 2.75) is 45.6 Å². The van der Waals surface area contributed by atoms with Gasteiger partial charge in [0.1, 0.15) is 0 Å². The van der Waals surface area contributed by atoms with Crippen LogP contribution in [0.25, 0.3) is 0 Å². The average molecular weight is 232 g/mol. The summed E-state index contributed by atoms with van der Waals surface area (Å²) in [4.78, 5) is 2.39. The van der Waals surface area contributed by atoms with Crippen LogP contribution in [0.3, 0.4) is 0 Å². The number of nitrogen functional groups attached to an aromatic ring is 1. The Kier molecular flexibility index (Phi) is 3.32. The zero-order chi connectivity index (χ0) is 12.5. The summed E-state index contributed by atoms with van der Waals surface area (Å²) in [6.45, 7) is 4.76. The van der Waals surface area contributed by atoms with E-state index in [2.05, 4.69) is 37.9 Å². The number of anilines is 2. The van der Waals surface area contributed by atoms with E-state index < -0.39 is 0 Å². The third kappa shape index (κ3) is 2.93. The van der Waals surface area contributed by atoms with Crippen LogP contribution < -0.4 is 10.6 Å². The van der Waals surface area contributed by atoms with Crippen LogP contribution in [0, 0.1) is 5.41 Å². The molecule has 0 saturated heterocycles. The molecule has 2 nitrogen and oxygen atoms in total. The van der Waals surface area contributed by atoms with Gasteiger partial charge in [-0.2, -0.15) is 0 Å². The van der Waals surface area contributed by atoms with Crippen LogP contribution in [0.5, 0.6) is 0 Å². The molecule has 1 saturated carbocycles. The Balaban J connectivity index is 2.04. The zero-order valence-electron chi connectivity index (χ0n) is 11.2. The van der Waals surface area contributed by atoms with E-state index in [0.29, 0.717) is 11.5 Å². The van der Waals surface area contributed by atoms with Gasteiger partial charge in [0.05, 0.1) is 0 Å². The normalized spacial score (nSPS) is 20.2. The molecule has 2 heteroatoms. The lowest BCUT2D eigenvalue weighted by Gasteiger charge is -2.39. The van der Waals surface area contributed by atoms with Gasteiger partial charge in [-0.05, 0) is 49.3 Å². The molecule has 0 atom stereocenters. The third-order valence-corrected chi connectivity index (χ3v) is 4.13. The first-order valence-corrected chi connectivity index (χ1v) is 6.56. The van der Waals surface area contributed by atoms with Crippen LogP contribution in [-0.4, -0.2) is 13.1 Å². The Morgan fingerprint density at radius 1 is 1.24 bits per heavy atom. The lowest BCUT2D eigenvalue weighted by molar-refractivity contribution is 0.222. The molecule has 0 radical (unpaired) electrons. The summed E-state index contributed by atoms with van der Waals surface area (Å²) in [6, 6.07) is 8.87. The molecule has 17 heavy (non-hydrogen) atoms. The second-order valence-electron chi connectivity index (χ2n) is 6.10. The molecule has 1 aromatic carbocycles. The largest absolute Gasteiger partial charge is 0.399 e. The third-order valence-electron chi connectivity index (χ3n) is 4.13. The molecule has 0 aromatic heterocycles. The molecular formula is C15H24N2. The average Bonchev–Trinajstić information content (AvgIpc) is 2.28. The van der Waals surface area contributed by atoms with Crippen molar-refractivity contribution in [2.24, 2.45) is 5.41 Å². The first kappa shape index (κ1) is 12.3. The molecule has 2 N–H and O–H groups in total. The molecule has 0 aliphatic heterocycles. The maximum Gasteiger partial charge on any atom is 0.0386 e. The first-order chi connectivity index (χ1) is 7.98. The summed E-state index contributed by atoms with van der Waals surface area (Å²) in [5.74, 6) is 0. The van der Waals surface area contributed by atoms with Gasteiger partial charge in [0.2, 0.25) is 0 Å². The Bertz CT molecular complexity index is 374. The van der Waals surface area contributed by atoms with Crippen molar-refractivity contribution in [1.29, 1.82) is 0 Å². The molecule has 1 aliphatic rings. The highest BCUT2D eigenvalue weighted by molar-refractivity contribution is 5.56. The zero-order valence-corrected chi connectivity index (χ0v) is 11.2. The van der Waals surface area contributed by atoms with E-state index in [9.17, 15) is 0 Å². The smallest absolute Gasteiger partial charge is 0.0386 e. The van der Waals surface area contributed by atoms with Crippen LogP contribution in [0.15, 0.2) is 24.3 Å². The monoisotopic (exact) mass is 232 g/mol. The van der Waals surface area contributed by atoms with Crippen molar-refractivity contribution in [1.82, 2.24) is 0 Å². The Morgan fingerprint density at radius 3 is 2.47 bits per heavy atom. The van der Waals surface area contributed by atoms with Crippen molar-refractivity contribution in [3.63, 3.8) is 0 Å². The van der Waals surface area contributed by atoms with Crippen molar-refractivity contribution >= 4 is 11.4 Å². The molecule has 0 amide bonds. The predicted molar refractivity (Wildman–Crippen MR) is 75.3 cm³/mol. The second-order valence-corrected chi connectivity index (χ2v) is 6.10. The van der Waals surface area contributed by atoms with Crippen LogP contribution in [-0.2, 0) is 0 Å². The molecule has 0 bridgehead atoms. The summed E-state index contributed by atoms with van der Waals surface area (Å²) < 4.78 is 0. The number of hydrogen-bond acceptors (Lipinski definition) is 2. The van der Waals surface area contributed by atoms with Gasteiger partial charge >= 0.3 is 0 Å². The standard InChI is InChI=1S/C15H24N2/c1-15(2)9-7-13(8-10-15)17(3)14-6-4-5-12(16)11-14/h4-6,11,13H,7-10,16H2,1-3H3. The molecule has 0 heterocycles. The molecule has 94 valence electrons. The molecule has 0 unspecified atom stereocenters. The van der Waals surface area contributed by atoms with Gasteiger partial charge in [0.15, 0.2) is 0 Å². The fraction of sp³-hybridized carbons (Fsp3) is 0.600. The topological polar surface area (TPSA) is 29.3 Å². The SMILES string of the molecule is CN(c1cccc(N)c1)C1CCC(C)(C)CC1. The first-order valence-electron chi connectivity index (χ1n) is 6.56. The Hall–Kier alpha value is -1.18. The highest BCUT2D eigenvalue weighted by atomic mass is 15.1. The van der Waals surface area contributed by atoms with Crippen LogP contribution in [0.1, 0.15) is 39.5 Å². The van der Waals surface area contributed by atoms with E-state index in [-0.39, 0.29) is 0 Å². The summed E-state index contributed by atoms with van der Waals surface area (Å²) in [6.07, 6.45) is 5.23. The van der Waals surface area contributed by atoms with Crippen molar-refractivity contribution in [2.75, 3.05) is 17.7 Å². The van der Waals surface area contributed by atoms with Gasteiger partial charge in [-0.3, -0.25) is 0 Å². The Labute approximate surface area is 105 Å². The van der Waals surface area contributed by atoms with Gasteiger partial charge in [0.25, 0.3) is 0 Å². The van der Waals surface area contributed by atoms with E-state index in [4.69, 9.17) is 5.73 Å². The number of nitrogens with two attached hydrogens (primary N) is 1. The van der Waals surface area contributed by atoms with Crippen molar-refractivity contribution in [3.8, 4) is 0 Å². The molecule has 0 spiro atoms. The fourth-order valence-electron chi connectivity index (χ4n) is 2.73. The molecule has 2 rings (SSSR count). The van der Waals surface area contributed by atoms with Gasteiger partial charge in [-0.1, -0.05) is 19.9 Å². The van der Waals surface area contributed by atoms with Crippen LogP contribution in [0.4, 0.5) is 11.4 Å². The van der Waals surface area contributed by atoms with Gasteiger partial charge < -0.3 is 10.6 Å². The number of benzene rings is 1. The number of hydrogen-bond donors (Lipinski definition) is 1. The number of rotatable bonds is 2. The fourth-order valence-corrected chi connectivity index (χ4v) is 2.73. The predicted octanol–water partition coefficient (Wildman–Crippen LogP) is 3.67. The van der Waals surface area contributed by atoms with Gasteiger partial charge in [-0.15, -0.1) is 0 Å². The van der Waals surface area contributed by atoms with E-state index in [1.54, 1.807) is 0 Å². The van der Waals surface area contributed by atoms with Crippen LogP contribution >= 0.6 is 0 Å². The summed E-state index contributed by atoms with van der Waals surface area (Å²) in [7, 11) is 2.19. The maximum atomic E-state index is 5.84. The van der Waals surface area contributed by atoms with Crippen molar-refractivity contribution < 1.29 is 0 Å². The minimum Gasteiger partial charge on any atom is -0.399 e. The minimum absolute atomic E-state index is 0.535. The van der Waals surface area contributed by atoms with E-state index in [1.165, 1.54) is 31.4 Å². The van der Waals surface area contributed by atoms with E-state index >= 15 is 0 Å². The Morgan fingerprint density at radius 2 is 1.88 bits per heavy atom. The lowest BCUT2D eigenvalue weighted by atomic mass is 9.75. The van der Waals surface area contributed by atoms with E-state index in [0.717, 1.165) is 5.69 Å². The molecular weight excluding hydrogens is 208 g/mol. The number of nitrogens with zero attached hydrogens (tertiary/aromatic N) is 1. The lowest BCUT2D eigenvalue weighted by Crippen LogP contribution is -2.37. The van der Waals surface area contributed by atoms with Gasteiger partial charge in [0, 0.05) is 24.5 Å². The molecule has 1 aliphatic carbocycles. The minimum atomic E-state index is 0.535. The maximum absolute atomic E-state index is 5.84. The second kappa shape index (κ2) is 4.59. The molecule has 1 fully saturated rings. The van der Waals surface area contributed by atoms with Crippen LogP contribution in [0.2, 0.25) is 0 Å². The van der Waals surface area contributed by atoms with Crippen molar-refractivity contribution in [3.05, 3.63) is 24.3 Å². The van der Waals surface area contributed by atoms with E-state index in [1.807, 2.05) is 12.1 Å². The highest BCUT2D eigenvalue weighted by Crippen LogP contribution is 2.37. The van der Waals surface area contributed by atoms with Gasteiger partial charge in [-0.25, -0.2) is 0 Å². The summed E-state index contributed by atoms with van der Waals surface area (Å²) in [5.41, 5.74) is 8.47. The molecule has 1 aromatic rings. The highest BCUT2D eigenvalue weighted by Gasteiger charge is 2.28. The quantitative estimate of drug-likeness (QED) is 0.788. The summed E-state index contributed by atoms with van der Waals surface area (Å²) >= 11 is 0.